The number of amides is 1. The van der Waals surface area contributed by atoms with Crippen LogP contribution in [-0.4, -0.2) is 73.1 Å². The van der Waals surface area contributed by atoms with Crippen molar-refractivity contribution in [3.63, 3.8) is 0 Å². The fraction of sp³-hybridized carbons (Fsp3) is 0.393. The lowest BCUT2D eigenvalue weighted by atomic mass is 10.1. The van der Waals surface area contributed by atoms with Gasteiger partial charge < -0.3 is 9.88 Å². The minimum absolute atomic E-state index is 0.341. The number of nitrogens with one attached hydrogen (secondary N) is 1. The first kappa shape index (κ1) is 24.1. The molecular weight excluding hydrogens is 482 g/mol. The first-order chi connectivity index (χ1) is 18.1. The van der Waals surface area contributed by atoms with Gasteiger partial charge in [-0.25, -0.2) is 15.0 Å². The second-order valence-corrected chi connectivity index (χ2v) is 10.8. The van der Waals surface area contributed by atoms with E-state index in [1.807, 2.05) is 35.8 Å². The number of hydrogen-bond acceptors (Lipinski definition) is 7. The van der Waals surface area contributed by atoms with Crippen LogP contribution in [0, 0.1) is 5.92 Å². The molecule has 1 saturated carbocycles. The van der Waals surface area contributed by atoms with E-state index in [0.29, 0.717) is 18.2 Å². The van der Waals surface area contributed by atoms with Crippen LogP contribution in [0.25, 0.3) is 22.2 Å². The highest BCUT2D eigenvalue weighted by molar-refractivity contribution is 7.98. The van der Waals surface area contributed by atoms with Gasteiger partial charge in [0.1, 0.15) is 5.82 Å². The molecule has 1 N–H and O–H groups in total. The summed E-state index contributed by atoms with van der Waals surface area (Å²) in [5, 5.41) is 0.768. The Bertz CT molecular complexity index is 1390. The summed E-state index contributed by atoms with van der Waals surface area (Å²) in [6.07, 6.45) is 11.4. The minimum Gasteiger partial charge on any atom is -0.342 e. The predicted molar refractivity (Wildman–Crippen MR) is 145 cm³/mol. The molecule has 1 aliphatic heterocycles. The van der Waals surface area contributed by atoms with E-state index < -0.39 is 0 Å². The summed E-state index contributed by atoms with van der Waals surface area (Å²) in [7, 11) is 0. The normalized spacial score (nSPS) is 16.4. The summed E-state index contributed by atoms with van der Waals surface area (Å²) in [6.45, 7) is 4.38. The van der Waals surface area contributed by atoms with E-state index in [1.54, 1.807) is 0 Å². The smallest absolute Gasteiger partial charge is 0.222 e. The maximum absolute atomic E-state index is 12.4. The van der Waals surface area contributed by atoms with Crippen LogP contribution in [0.1, 0.15) is 36.3 Å². The van der Waals surface area contributed by atoms with Crippen molar-refractivity contribution in [3.05, 3.63) is 66.0 Å². The zero-order chi connectivity index (χ0) is 25.2. The Labute approximate surface area is 220 Å². The second kappa shape index (κ2) is 10.6. The quantitative estimate of drug-likeness (QED) is 0.279. The number of imidazole rings is 1. The molecule has 1 aliphatic carbocycles. The fourth-order valence-electron chi connectivity index (χ4n) is 4.90. The molecule has 1 aromatic carbocycles. The van der Waals surface area contributed by atoms with Crippen LogP contribution in [0.3, 0.4) is 0 Å². The fourth-order valence-corrected chi connectivity index (χ4v) is 5.22. The second-order valence-electron chi connectivity index (χ2n) is 10.0. The molecule has 9 heteroatoms. The number of aromatic amines is 1. The van der Waals surface area contributed by atoms with E-state index >= 15 is 0 Å². The zero-order valence-corrected chi connectivity index (χ0v) is 21.9. The molecule has 1 amide bonds. The SMILES string of the molecule is CSc1ncc(-c2ccc3nc(Cc4cc(CN5CCN(C(=O)CC6CC6)CC5)ccn4)[nH]c3c2)cn1. The van der Waals surface area contributed by atoms with Crippen molar-refractivity contribution >= 4 is 28.7 Å². The molecule has 37 heavy (non-hydrogen) atoms. The highest BCUT2D eigenvalue weighted by atomic mass is 32.2. The zero-order valence-electron chi connectivity index (χ0n) is 21.1. The van der Waals surface area contributed by atoms with Crippen LogP contribution in [-0.2, 0) is 17.8 Å². The number of piperazine rings is 1. The number of thioether (sulfide) groups is 1. The molecule has 2 aliphatic rings. The van der Waals surface area contributed by atoms with Gasteiger partial charge in [0.25, 0.3) is 0 Å². The van der Waals surface area contributed by atoms with Gasteiger partial charge in [0.05, 0.1) is 11.0 Å². The number of carbonyl (C=O) groups excluding carboxylic acids is 1. The minimum atomic E-state index is 0.341. The Morgan fingerprint density at radius 2 is 1.84 bits per heavy atom. The van der Waals surface area contributed by atoms with Crippen molar-refractivity contribution in [2.45, 2.75) is 37.4 Å². The Morgan fingerprint density at radius 1 is 1.03 bits per heavy atom. The highest BCUT2D eigenvalue weighted by Crippen LogP contribution is 2.33. The van der Waals surface area contributed by atoms with Crippen LogP contribution in [0.5, 0.6) is 0 Å². The number of carbonyl (C=O) groups is 1. The van der Waals surface area contributed by atoms with E-state index in [0.717, 1.165) is 78.0 Å². The predicted octanol–water partition coefficient (Wildman–Crippen LogP) is 4.17. The Balaban J connectivity index is 1.08. The van der Waals surface area contributed by atoms with Crippen LogP contribution in [0.15, 0.2) is 54.1 Å². The van der Waals surface area contributed by atoms with Gasteiger partial charge in [0, 0.05) is 75.4 Å². The van der Waals surface area contributed by atoms with Gasteiger partial charge in [-0.15, -0.1) is 0 Å². The lowest BCUT2D eigenvalue weighted by Gasteiger charge is -2.35. The Hall–Kier alpha value is -3.30. The van der Waals surface area contributed by atoms with Gasteiger partial charge in [-0.2, -0.15) is 0 Å². The van der Waals surface area contributed by atoms with E-state index in [4.69, 9.17) is 4.98 Å². The summed E-state index contributed by atoms with van der Waals surface area (Å²) in [5.74, 6) is 1.89. The third-order valence-electron chi connectivity index (χ3n) is 7.20. The summed E-state index contributed by atoms with van der Waals surface area (Å²) in [5.41, 5.74) is 6.21. The van der Waals surface area contributed by atoms with Gasteiger partial charge in [-0.1, -0.05) is 17.8 Å². The molecule has 6 rings (SSSR count). The average Bonchev–Trinajstić information content (AvgIpc) is 3.65. The van der Waals surface area contributed by atoms with E-state index in [2.05, 4.69) is 49.1 Å². The summed E-state index contributed by atoms with van der Waals surface area (Å²) >= 11 is 1.53. The van der Waals surface area contributed by atoms with Gasteiger partial charge in [-0.05, 0) is 60.4 Å². The van der Waals surface area contributed by atoms with Crippen molar-refractivity contribution in [3.8, 4) is 11.1 Å². The molecule has 4 aromatic rings. The third-order valence-corrected chi connectivity index (χ3v) is 7.77. The molecule has 4 heterocycles. The number of H-pyrrole nitrogens is 1. The van der Waals surface area contributed by atoms with Crippen molar-refractivity contribution in [2.24, 2.45) is 5.92 Å². The summed E-state index contributed by atoms with van der Waals surface area (Å²) in [4.78, 5) is 38.5. The highest BCUT2D eigenvalue weighted by Gasteiger charge is 2.28. The maximum Gasteiger partial charge on any atom is 0.222 e. The molecule has 2 fully saturated rings. The first-order valence-corrected chi connectivity index (χ1v) is 14.1. The van der Waals surface area contributed by atoms with Crippen molar-refractivity contribution in [2.75, 3.05) is 32.4 Å². The van der Waals surface area contributed by atoms with Crippen molar-refractivity contribution < 1.29 is 4.79 Å². The van der Waals surface area contributed by atoms with Crippen LogP contribution in [0.4, 0.5) is 0 Å². The average molecular weight is 514 g/mol. The van der Waals surface area contributed by atoms with E-state index in [9.17, 15) is 4.79 Å². The largest absolute Gasteiger partial charge is 0.342 e. The summed E-state index contributed by atoms with van der Waals surface area (Å²) in [6, 6.07) is 10.5. The molecule has 0 bridgehead atoms. The molecule has 0 spiro atoms. The molecule has 0 unspecified atom stereocenters. The van der Waals surface area contributed by atoms with Gasteiger partial charge in [0.15, 0.2) is 5.16 Å². The molecule has 1 saturated heterocycles. The van der Waals surface area contributed by atoms with E-state index in [-0.39, 0.29) is 0 Å². The lowest BCUT2D eigenvalue weighted by Crippen LogP contribution is -2.48. The first-order valence-electron chi connectivity index (χ1n) is 12.9. The van der Waals surface area contributed by atoms with Gasteiger partial charge in [0.2, 0.25) is 5.91 Å². The molecule has 0 atom stereocenters. The van der Waals surface area contributed by atoms with Crippen molar-refractivity contribution in [1.29, 1.82) is 0 Å². The number of benzene rings is 1. The number of rotatable bonds is 8. The molecule has 8 nitrogen and oxygen atoms in total. The standard InChI is InChI=1S/C28H31N7OS/c1-37-28-30-16-22(17-31-28)21-4-5-24-25(14-21)33-26(32-24)15-23-12-20(6-7-29-23)18-34-8-10-35(11-9-34)27(36)13-19-2-3-19/h4-7,12,14,16-17,19H,2-3,8-11,13,15,18H2,1H3,(H,32,33). The van der Waals surface area contributed by atoms with Crippen LogP contribution < -0.4 is 0 Å². The monoisotopic (exact) mass is 513 g/mol. The number of nitrogens with zero attached hydrogens (tertiary/aromatic N) is 6. The molecule has 0 radical (unpaired) electrons. The lowest BCUT2D eigenvalue weighted by molar-refractivity contribution is -0.133. The van der Waals surface area contributed by atoms with E-state index in [1.165, 1.54) is 30.2 Å². The molecule has 3 aromatic heterocycles. The number of hydrogen-bond donors (Lipinski definition) is 1. The molecule has 190 valence electrons. The van der Waals surface area contributed by atoms with Crippen LogP contribution >= 0.6 is 11.8 Å². The molecular formula is C28H31N7OS. The van der Waals surface area contributed by atoms with Gasteiger partial charge >= 0.3 is 0 Å². The number of fused-ring (bicyclic) bond motifs is 1. The number of aromatic nitrogens is 5. The van der Waals surface area contributed by atoms with Gasteiger partial charge in [-0.3, -0.25) is 14.7 Å². The van der Waals surface area contributed by atoms with Crippen molar-refractivity contribution in [1.82, 2.24) is 34.7 Å². The Kier molecular flexibility index (Phi) is 6.89. The Morgan fingerprint density at radius 3 is 2.59 bits per heavy atom. The third kappa shape index (κ3) is 5.83. The number of pyridine rings is 1. The maximum atomic E-state index is 12.4. The topological polar surface area (TPSA) is 90.9 Å². The van der Waals surface area contributed by atoms with Crippen LogP contribution in [0.2, 0.25) is 0 Å². The summed E-state index contributed by atoms with van der Waals surface area (Å²) < 4.78 is 0.